The van der Waals surface area contributed by atoms with Gasteiger partial charge in [-0.2, -0.15) is 8.78 Å². The summed E-state index contributed by atoms with van der Waals surface area (Å²) in [6.07, 6.45) is 0.528. The molecule has 12 heteroatoms. The number of carbonyl (C=O) groups excluding carboxylic acids is 2. The topological polar surface area (TPSA) is 80.3 Å². The summed E-state index contributed by atoms with van der Waals surface area (Å²) in [6.45, 7) is 5.55. The van der Waals surface area contributed by atoms with Crippen LogP contribution < -0.4 is 10.1 Å². The molecule has 1 N–H and O–H groups in total. The number of nitrogens with one attached hydrogen (secondary N) is 1. The molecule has 0 radical (unpaired) electrons. The molecule has 0 bridgehead atoms. The third-order valence-electron chi connectivity index (χ3n) is 8.92. The van der Waals surface area contributed by atoms with Crippen molar-refractivity contribution in [2.75, 3.05) is 45.9 Å². The molecule has 0 spiro atoms. The fourth-order valence-corrected chi connectivity index (χ4v) is 6.66. The molecule has 0 aromatic heterocycles. The number of allylic oxidation sites excluding steroid dienone is 2. The van der Waals surface area contributed by atoms with Gasteiger partial charge in [0.1, 0.15) is 17.4 Å². The van der Waals surface area contributed by atoms with E-state index < -0.39 is 24.5 Å². The van der Waals surface area contributed by atoms with E-state index in [0.717, 1.165) is 24.2 Å². The molecule has 1 atom stereocenters. The van der Waals surface area contributed by atoms with Gasteiger partial charge in [0.2, 0.25) is 0 Å². The van der Waals surface area contributed by atoms with Gasteiger partial charge in [-0.1, -0.05) is 42.5 Å². The number of para-hydroxylation sites is 1. The first-order valence-corrected chi connectivity index (χ1v) is 16.6. The van der Waals surface area contributed by atoms with E-state index in [1.54, 1.807) is 51.1 Å². The number of rotatable bonds is 13. The molecule has 2 aliphatic heterocycles. The summed E-state index contributed by atoms with van der Waals surface area (Å²) in [5, 5.41) is 3.06. The van der Waals surface area contributed by atoms with Gasteiger partial charge in [0, 0.05) is 49.7 Å². The van der Waals surface area contributed by atoms with E-state index in [4.69, 9.17) is 14.2 Å². The standard InChI is InChI=1S/C38H41F4N3O5/c1-4-48-36(46)32-24(2)43-25(3)33(34(32)30-8-5-6-9-31(30)50-38(41)42)37(47)49-23-7-18-44-19-21-45(22-20-44)35(26-10-14-28(39)15-11-26)27-12-16-29(40)17-13-27/h5-6,8-17,34-35,38,43H,4,7,18-23H2,1-3H3. The molecule has 1 fully saturated rings. The molecular weight excluding hydrogens is 654 g/mol. The molecule has 3 aromatic carbocycles. The van der Waals surface area contributed by atoms with Crippen LogP contribution in [-0.2, 0) is 19.1 Å². The number of hydrogen-bond acceptors (Lipinski definition) is 8. The summed E-state index contributed by atoms with van der Waals surface area (Å²) in [5.41, 5.74) is 3.09. The van der Waals surface area contributed by atoms with Crippen LogP contribution in [0.5, 0.6) is 5.75 Å². The van der Waals surface area contributed by atoms with Gasteiger partial charge in [0.05, 0.1) is 36.3 Å². The summed E-state index contributed by atoms with van der Waals surface area (Å²) in [7, 11) is 0. The van der Waals surface area contributed by atoms with Crippen LogP contribution in [0, 0.1) is 11.6 Å². The molecule has 5 rings (SSSR count). The molecule has 0 aliphatic carbocycles. The van der Waals surface area contributed by atoms with Crippen molar-refractivity contribution in [2.24, 2.45) is 0 Å². The second-order valence-electron chi connectivity index (χ2n) is 12.1. The van der Waals surface area contributed by atoms with Crippen molar-refractivity contribution in [1.29, 1.82) is 0 Å². The van der Waals surface area contributed by atoms with Crippen LogP contribution in [0.15, 0.2) is 95.3 Å². The smallest absolute Gasteiger partial charge is 0.387 e. The summed E-state index contributed by atoms with van der Waals surface area (Å²) >= 11 is 0. The Morgan fingerprint density at radius 1 is 0.800 bits per heavy atom. The van der Waals surface area contributed by atoms with Gasteiger partial charge in [-0.05, 0) is 68.7 Å². The highest BCUT2D eigenvalue weighted by Gasteiger charge is 2.39. The Bertz CT molecular complexity index is 1660. The fraction of sp³-hybridized carbons (Fsp3) is 0.368. The first-order valence-electron chi connectivity index (χ1n) is 16.6. The maximum Gasteiger partial charge on any atom is 0.387 e. The van der Waals surface area contributed by atoms with Crippen molar-refractivity contribution in [3.63, 3.8) is 0 Å². The summed E-state index contributed by atoms with van der Waals surface area (Å²) < 4.78 is 70.0. The van der Waals surface area contributed by atoms with E-state index in [1.165, 1.54) is 42.5 Å². The Morgan fingerprint density at radius 3 is 1.88 bits per heavy atom. The molecule has 3 aromatic rings. The zero-order chi connectivity index (χ0) is 35.8. The maximum absolute atomic E-state index is 13.7. The van der Waals surface area contributed by atoms with Crippen LogP contribution in [0.4, 0.5) is 17.6 Å². The normalized spacial score (nSPS) is 17.3. The number of hydrogen-bond donors (Lipinski definition) is 1. The highest BCUT2D eigenvalue weighted by Crippen LogP contribution is 2.43. The average Bonchev–Trinajstić information content (AvgIpc) is 3.09. The van der Waals surface area contributed by atoms with Gasteiger partial charge in [-0.15, -0.1) is 0 Å². The van der Waals surface area contributed by atoms with Crippen LogP contribution in [0.2, 0.25) is 0 Å². The highest BCUT2D eigenvalue weighted by molar-refractivity contribution is 6.00. The number of piperazine rings is 1. The fourth-order valence-electron chi connectivity index (χ4n) is 6.66. The third-order valence-corrected chi connectivity index (χ3v) is 8.92. The Kier molecular flexibility index (Phi) is 12.3. The number of dihydropyridines is 1. The Morgan fingerprint density at radius 2 is 1.34 bits per heavy atom. The predicted octanol–water partition coefficient (Wildman–Crippen LogP) is 6.70. The van der Waals surface area contributed by atoms with Crippen LogP contribution in [0.3, 0.4) is 0 Å². The van der Waals surface area contributed by atoms with E-state index in [0.29, 0.717) is 37.4 Å². The minimum Gasteiger partial charge on any atom is -0.463 e. The molecule has 8 nitrogen and oxygen atoms in total. The minimum absolute atomic E-state index is 0.0768. The van der Waals surface area contributed by atoms with Gasteiger partial charge in [-0.3, -0.25) is 4.90 Å². The molecule has 0 saturated carbocycles. The largest absolute Gasteiger partial charge is 0.463 e. The van der Waals surface area contributed by atoms with Crippen molar-refractivity contribution < 1.29 is 41.4 Å². The number of alkyl halides is 2. The highest BCUT2D eigenvalue weighted by atomic mass is 19.3. The number of carbonyl (C=O) groups is 2. The van der Waals surface area contributed by atoms with E-state index in [1.807, 2.05) is 0 Å². The van der Waals surface area contributed by atoms with Gasteiger partial charge in [0.25, 0.3) is 0 Å². The van der Waals surface area contributed by atoms with Gasteiger partial charge in [0.15, 0.2) is 0 Å². The Hall–Kier alpha value is -4.68. The Labute approximate surface area is 289 Å². The molecule has 1 saturated heterocycles. The second-order valence-corrected chi connectivity index (χ2v) is 12.1. The van der Waals surface area contributed by atoms with E-state index in [2.05, 4.69) is 15.1 Å². The van der Waals surface area contributed by atoms with Crippen LogP contribution in [-0.4, -0.2) is 74.3 Å². The molecule has 2 heterocycles. The number of nitrogens with zero attached hydrogens (tertiary/aromatic N) is 2. The minimum atomic E-state index is -3.12. The summed E-state index contributed by atoms with van der Waals surface area (Å²) in [5.74, 6) is -3.26. The van der Waals surface area contributed by atoms with Crippen molar-refractivity contribution in [1.82, 2.24) is 15.1 Å². The molecule has 1 unspecified atom stereocenters. The lowest BCUT2D eigenvalue weighted by Gasteiger charge is -2.39. The molecule has 266 valence electrons. The van der Waals surface area contributed by atoms with Crippen LogP contribution >= 0.6 is 0 Å². The number of ether oxygens (including phenoxy) is 3. The van der Waals surface area contributed by atoms with E-state index in [-0.39, 0.29) is 53.3 Å². The monoisotopic (exact) mass is 695 g/mol. The Balaban J connectivity index is 1.23. The van der Waals surface area contributed by atoms with Gasteiger partial charge in [-0.25, -0.2) is 18.4 Å². The van der Waals surface area contributed by atoms with Gasteiger partial charge < -0.3 is 24.4 Å². The van der Waals surface area contributed by atoms with Crippen molar-refractivity contribution in [3.8, 4) is 5.75 Å². The molecule has 0 amide bonds. The summed E-state index contributed by atoms with van der Waals surface area (Å²) in [4.78, 5) is 31.4. The predicted molar refractivity (Wildman–Crippen MR) is 179 cm³/mol. The van der Waals surface area contributed by atoms with Crippen molar-refractivity contribution in [3.05, 3.63) is 124 Å². The first kappa shape index (κ1) is 36.6. The van der Waals surface area contributed by atoms with E-state index >= 15 is 0 Å². The number of esters is 2. The molecular formula is C38H41F4N3O5. The molecule has 50 heavy (non-hydrogen) atoms. The average molecular weight is 696 g/mol. The first-order chi connectivity index (χ1) is 24.1. The lowest BCUT2D eigenvalue weighted by Crippen LogP contribution is -2.48. The van der Waals surface area contributed by atoms with E-state index in [9.17, 15) is 27.2 Å². The lowest BCUT2D eigenvalue weighted by atomic mass is 9.80. The number of benzene rings is 3. The van der Waals surface area contributed by atoms with Gasteiger partial charge >= 0.3 is 18.6 Å². The summed E-state index contributed by atoms with van der Waals surface area (Å²) in [6, 6.07) is 18.6. The SMILES string of the molecule is CCOC(=O)C1=C(C)NC(C)=C(C(=O)OCCCN2CCN(C(c3ccc(F)cc3)c3ccc(F)cc3)CC2)C1c1ccccc1OC(F)F. The van der Waals surface area contributed by atoms with Crippen molar-refractivity contribution in [2.45, 2.75) is 45.8 Å². The zero-order valence-electron chi connectivity index (χ0n) is 28.3. The lowest BCUT2D eigenvalue weighted by molar-refractivity contribution is -0.140. The molecule has 2 aliphatic rings. The van der Waals surface area contributed by atoms with Crippen molar-refractivity contribution >= 4 is 11.9 Å². The number of halogens is 4. The second kappa shape index (κ2) is 16.8. The van der Waals surface area contributed by atoms with Crippen LogP contribution in [0.25, 0.3) is 0 Å². The third kappa shape index (κ3) is 8.72. The quantitative estimate of drug-likeness (QED) is 0.120. The maximum atomic E-state index is 13.7. The van der Waals surface area contributed by atoms with Crippen LogP contribution in [0.1, 0.15) is 55.8 Å². The zero-order valence-corrected chi connectivity index (χ0v) is 28.3.